The van der Waals surface area contributed by atoms with Crippen LogP contribution in [0, 0.1) is 0 Å². The Hall–Kier alpha value is -2.81. The van der Waals surface area contributed by atoms with E-state index in [4.69, 9.17) is 0 Å². The quantitative estimate of drug-likeness (QED) is 0.650. The smallest absolute Gasteiger partial charge is 0.272 e. The lowest BCUT2D eigenvalue weighted by atomic mass is 10.1. The molecule has 2 heterocycles. The van der Waals surface area contributed by atoms with Crippen LogP contribution in [0.1, 0.15) is 22.4 Å². The first-order valence-corrected chi connectivity index (χ1v) is 9.89. The highest BCUT2D eigenvalue weighted by atomic mass is 32.2. The van der Waals surface area contributed by atoms with Gasteiger partial charge in [-0.2, -0.15) is 18.3 Å². The van der Waals surface area contributed by atoms with Crippen molar-refractivity contribution in [2.24, 2.45) is 7.05 Å². The highest BCUT2D eigenvalue weighted by molar-refractivity contribution is 7.92. The van der Waals surface area contributed by atoms with Gasteiger partial charge in [-0.1, -0.05) is 18.2 Å². The van der Waals surface area contributed by atoms with Gasteiger partial charge < -0.3 is 0 Å². The molecular formula is C19H16F3N3O2S. The Bertz CT molecular complexity index is 1140. The molecule has 1 aromatic heterocycles. The summed E-state index contributed by atoms with van der Waals surface area (Å²) in [6.07, 6.45) is -2.39. The van der Waals surface area contributed by atoms with E-state index >= 15 is 0 Å². The molecule has 0 saturated heterocycles. The number of hydrogen-bond donors (Lipinski definition) is 0. The van der Waals surface area contributed by atoms with Gasteiger partial charge in [0.05, 0.1) is 28.9 Å². The van der Waals surface area contributed by atoms with Crippen LogP contribution in [0.2, 0.25) is 0 Å². The first kappa shape index (κ1) is 18.5. The van der Waals surface area contributed by atoms with Gasteiger partial charge in [0.15, 0.2) is 0 Å². The maximum absolute atomic E-state index is 13.3. The summed E-state index contributed by atoms with van der Waals surface area (Å²) in [4.78, 5) is -0.192. The van der Waals surface area contributed by atoms with Gasteiger partial charge >= 0.3 is 6.18 Å². The van der Waals surface area contributed by atoms with Crippen molar-refractivity contribution in [3.8, 4) is 0 Å². The number of fused-ring (bicyclic) bond motifs is 2. The Morgan fingerprint density at radius 3 is 2.36 bits per heavy atom. The molecular weight excluding hydrogens is 391 g/mol. The largest absolute Gasteiger partial charge is 0.416 e. The van der Waals surface area contributed by atoms with Crippen LogP contribution in [-0.2, 0) is 36.2 Å². The van der Waals surface area contributed by atoms with Crippen LogP contribution in [0.25, 0.3) is 0 Å². The van der Waals surface area contributed by atoms with Crippen molar-refractivity contribution in [1.29, 1.82) is 0 Å². The zero-order valence-electron chi connectivity index (χ0n) is 14.8. The molecule has 9 heteroatoms. The van der Waals surface area contributed by atoms with Crippen LogP contribution in [0.4, 0.5) is 18.9 Å². The van der Waals surface area contributed by atoms with Crippen molar-refractivity contribution < 1.29 is 21.6 Å². The van der Waals surface area contributed by atoms with E-state index in [0.29, 0.717) is 12.1 Å². The lowest BCUT2D eigenvalue weighted by molar-refractivity contribution is -0.137. The number of hydrogen-bond acceptors (Lipinski definition) is 3. The van der Waals surface area contributed by atoms with E-state index in [0.717, 1.165) is 41.1 Å². The normalized spacial score (nSPS) is 14.4. The van der Waals surface area contributed by atoms with E-state index < -0.39 is 21.8 Å². The van der Waals surface area contributed by atoms with Crippen molar-refractivity contribution >= 4 is 15.7 Å². The van der Waals surface area contributed by atoms with Crippen LogP contribution in [-0.4, -0.2) is 18.2 Å². The topological polar surface area (TPSA) is 55.2 Å². The molecule has 0 saturated carbocycles. The molecule has 0 amide bonds. The van der Waals surface area contributed by atoms with E-state index in [2.05, 4.69) is 5.10 Å². The number of benzene rings is 2. The molecule has 1 aliphatic heterocycles. The predicted octanol–water partition coefficient (Wildman–Crippen LogP) is 3.74. The van der Waals surface area contributed by atoms with E-state index in [1.54, 1.807) is 30.1 Å². The molecule has 0 unspecified atom stereocenters. The third-order valence-electron chi connectivity index (χ3n) is 4.85. The highest BCUT2D eigenvalue weighted by Gasteiger charge is 2.33. The van der Waals surface area contributed by atoms with Gasteiger partial charge in [-0.3, -0.25) is 8.99 Å². The maximum Gasteiger partial charge on any atom is 0.416 e. The molecule has 0 fully saturated rings. The number of halogens is 3. The molecule has 3 aromatic rings. The fourth-order valence-corrected chi connectivity index (χ4v) is 4.83. The number of aromatic nitrogens is 2. The fourth-order valence-electron chi connectivity index (χ4n) is 3.35. The van der Waals surface area contributed by atoms with E-state index in [1.807, 2.05) is 12.1 Å². The summed E-state index contributed by atoms with van der Waals surface area (Å²) in [6.45, 7) is 0.0591. The Morgan fingerprint density at radius 1 is 1.00 bits per heavy atom. The van der Waals surface area contributed by atoms with Gasteiger partial charge in [0.2, 0.25) is 0 Å². The zero-order chi connectivity index (χ0) is 20.1. The van der Waals surface area contributed by atoms with Gasteiger partial charge in [0, 0.05) is 24.7 Å². The first-order valence-electron chi connectivity index (χ1n) is 8.45. The Labute approximate surface area is 160 Å². The second-order valence-corrected chi connectivity index (χ2v) is 8.44. The van der Waals surface area contributed by atoms with Crippen molar-refractivity contribution in [1.82, 2.24) is 9.78 Å². The first-order chi connectivity index (χ1) is 13.2. The average Bonchev–Trinajstić information content (AvgIpc) is 2.90. The van der Waals surface area contributed by atoms with Crippen LogP contribution in [0.3, 0.4) is 0 Å². The van der Waals surface area contributed by atoms with Crippen LogP contribution in [0.5, 0.6) is 0 Å². The van der Waals surface area contributed by atoms with Crippen molar-refractivity contribution in [3.05, 3.63) is 77.1 Å². The summed E-state index contributed by atoms with van der Waals surface area (Å²) in [5.41, 5.74) is 2.09. The lowest BCUT2D eigenvalue weighted by Gasteiger charge is -2.24. The summed E-state index contributed by atoms with van der Waals surface area (Å²) < 4.78 is 68.0. The number of rotatable bonds is 2. The summed E-state index contributed by atoms with van der Waals surface area (Å²) in [7, 11) is -2.27. The molecule has 0 spiro atoms. The van der Waals surface area contributed by atoms with Crippen molar-refractivity contribution in [3.63, 3.8) is 0 Å². The summed E-state index contributed by atoms with van der Waals surface area (Å²) in [5.74, 6) is 0. The molecule has 5 nitrogen and oxygen atoms in total. The third-order valence-corrected chi connectivity index (χ3v) is 6.62. The standard InChI is InChI=1S/C19H16F3N3O2S/c1-24-18-10-13-4-2-3-5-17(13)25(12-14(18)11-23-24)28(26,27)16-8-6-15(7-9-16)19(20,21)22/h2-9,11H,10,12H2,1H3. The Balaban J connectivity index is 1.82. The molecule has 0 radical (unpaired) electrons. The number of sulfonamides is 1. The molecule has 2 aromatic carbocycles. The lowest BCUT2D eigenvalue weighted by Crippen LogP contribution is -2.30. The summed E-state index contributed by atoms with van der Waals surface area (Å²) in [6, 6.07) is 10.7. The molecule has 0 N–H and O–H groups in total. The number of anilines is 1. The van der Waals surface area contributed by atoms with Crippen LogP contribution in [0.15, 0.2) is 59.6 Å². The molecule has 28 heavy (non-hydrogen) atoms. The molecule has 0 atom stereocenters. The third kappa shape index (κ3) is 3.05. The van der Waals surface area contributed by atoms with Gasteiger partial charge in [0.1, 0.15) is 0 Å². The zero-order valence-corrected chi connectivity index (χ0v) is 15.6. The Morgan fingerprint density at radius 2 is 1.68 bits per heavy atom. The SMILES string of the molecule is Cn1ncc2c1Cc1ccccc1N(S(=O)(=O)c1ccc(C(F)(F)F)cc1)C2. The average molecular weight is 407 g/mol. The van der Waals surface area contributed by atoms with E-state index in [9.17, 15) is 21.6 Å². The molecule has 4 rings (SSSR count). The molecule has 146 valence electrons. The number of nitrogens with zero attached hydrogens (tertiary/aromatic N) is 3. The van der Waals surface area contributed by atoms with Gasteiger partial charge in [0.25, 0.3) is 10.0 Å². The molecule has 1 aliphatic rings. The monoisotopic (exact) mass is 407 g/mol. The van der Waals surface area contributed by atoms with Gasteiger partial charge in [-0.25, -0.2) is 8.42 Å². The van der Waals surface area contributed by atoms with Gasteiger partial charge in [-0.15, -0.1) is 0 Å². The van der Waals surface area contributed by atoms with Gasteiger partial charge in [-0.05, 0) is 35.9 Å². The summed E-state index contributed by atoms with van der Waals surface area (Å²) in [5, 5.41) is 4.21. The number of para-hydroxylation sites is 1. The molecule has 0 bridgehead atoms. The minimum Gasteiger partial charge on any atom is -0.272 e. The predicted molar refractivity (Wildman–Crippen MR) is 97.3 cm³/mol. The fraction of sp³-hybridized carbons (Fsp3) is 0.211. The van der Waals surface area contributed by atoms with Crippen LogP contribution < -0.4 is 4.31 Å². The van der Waals surface area contributed by atoms with E-state index in [-0.39, 0.29) is 11.4 Å². The summed E-state index contributed by atoms with van der Waals surface area (Å²) >= 11 is 0. The van der Waals surface area contributed by atoms with Crippen LogP contribution >= 0.6 is 0 Å². The van der Waals surface area contributed by atoms with Crippen molar-refractivity contribution in [2.45, 2.75) is 24.0 Å². The van der Waals surface area contributed by atoms with Crippen molar-refractivity contribution in [2.75, 3.05) is 4.31 Å². The highest BCUT2D eigenvalue weighted by Crippen LogP contribution is 2.35. The van der Waals surface area contributed by atoms with E-state index in [1.165, 1.54) is 4.31 Å². The number of alkyl halides is 3. The second-order valence-electron chi connectivity index (χ2n) is 6.58. The second kappa shape index (κ2) is 6.37. The minimum absolute atomic E-state index is 0.0591. The maximum atomic E-state index is 13.3. The number of aryl methyl sites for hydroxylation is 1. The minimum atomic E-state index is -4.53. The molecule has 0 aliphatic carbocycles. The Kier molecular flexibility index (Phi) is 4.22.